The van der Waals surface area contributed by atoms with E-state index in [9.17, 15) is 0 Å². The molecular formula is C14H30N2S2. The van der Waals surface area contributed by atoms with Crippen molar-refractivity contribution in [2.75, 3.05) is 24.6 Å². The Hall–Kier alpha value is 0.620. The van der Waals surface area contributed by atoms with E-state index >= 15 is 0 Å². The standard InChI is InChI=1S/C14H30N2S2/c1-3-5-7-13(9-15)11-18-14(10-16,12-17-13)8-6-4-2/h3-12,15-16H2,1-2H3. The molecular weight excluding hydrogens is 260 g/mol. The molecule has 1 aliphatic heterocycles. The van der Waals surface area contributed by atoms with Crippen LogP contribution in [0.15, 0.2) is 0 Å². The molecule has 0 amide bonds. The van der Waals surface area contributed by atoms with Crippen molar-refractivity contribution in [2.45, 2.75) is 61.9 Å². The number of hydrogen-bond donors (Lipinski definition) is 2. The lowest BCUT2D eigenvalue weighted by Crippen LogP contribution is -2.49. The fraction of sp³-hybridized carbons (Fsp3) is 1.00. The summed E-state index contributed by atoms with van der Waals surface area (Å²) in [4.78, 5) is 0. The zero-order valence-corrected chi connectivity index (χ0v) is 13.7. The number of rotatable bonds is 8. The summed E-state index contributed by atoms with van der Waals surface area (Å²) in [6, 6.07) is 0. The minimum Gasteiger partial charge on any atom is -0.329 e. The van der Waals surface area contributed by atoms with Crippen molar-refractivity contribution in [3.63, 3.8) is 0 Å². The molecule has 108 valence electrons. The van der Waals surface area contributed by atoms with Gasteiger partial charge in [-0.2, -0.15) is 23.5 Å². The molecule has 1 fully saturated rings. The predicted octanol–water partition coefficient (Wildman–Crippen LogP) is 3.24. The van der Waals surface area contributed by atoms with Crippen molar-refractivity contribution < 1.29 is 0 Å². The third-order valence-electron chi connectivity index (χ3n) is 4.00. The Morgan fingerprint density at radius 3 is 1.44 bits per heavy atom. The van der Waals surface area contributed by atoms with Gasteiger partial charge in [-0.15, -0.1) is 0 Å². The number of hydrogen-bond acceptors (Lipinski definition) is 4. The summed E-state index contributed by atoms with van der Waals surface area (Å²) in [5, 5.41) is 0. The lowest BCUT2D eigenvalue weighted by molar-refractivity contribution is 0.528. The van der Waals surface area contributed by atoms with E-state index in [0.29, 0.717) is 9.49 Å². The first-order valence-electron chi connectivity index (χ1n) is 7.34. The van der Waals surface area contributed by atoms with Gasteiger partial charge in [-0.1, -0.05) is 39.5 Å². The average molecular weight is 291 g/mol. The van der Waals surface area contributed by atoms with Crippen LogP contribution in [0.2, 0.25) is 0 Å². The first kappa shape index (κ1) is 16.7. The van der Waals surface area contributed by atoms with E-state index in [2.05, 4.69) is 37.4 Å². The smallest absolute Gasteiger partial charge is 0.0373 e. The topological polar surface area (TPSA) is 52.0 Å². The quantitative estimate of drug-likeness (QED) is 0.720. The molecule has 0 aromatic heterocycles. The van der Waals surface area contributed by atoms with Crippen LogP contribution in [0, 0.1) is 0 Å². The van der Waals surface area contributed by atoms with Crippen LogP contribution in [0.5, 0.6) is 0 Å². The average Bonchev–Trinajstić information content (AvgIpc) is 2.44. The summed E-state index contributed by atoms with van der Waals surface area (Å²) in [7, 11) is 0. The molecule has 18 heavy (non-hydrogen) atoms. The molecule has 4 N–H and O–H groups in total. The van der Waals surface area contributed by atoms with Crippen LogP contribution >= 0.6 is 23.5 Å². The highest BCUT2D eigenvalue weighted by Crippen LogP contribution is 2.47. The van der Waals surface area contributed by atoms with Crippen molar-refractivity contribution in [2.24, 2.45) is 11.5 Å². The van der Waals surface area contributed by atoms with Gasteiger partial charge in [0, 0.05) is 34.1 Å². The molecule has 2 nitrogen and oxygen atoms in total. The first-order valence-corrected chi connectivity index (χ1v) is 9.31. The molecule has 0 aromatic rings. The number of thioether (sulfide) groups is 2. The Morgan fingerprint density at radius 1 is 0.833 bits per heavy atom. The monoisotopic (exact) mass is 290 g/mol. The Balaban J connectivity index is 2.54. The zero-order chi connectivity index (χ0) is 13.5. The minimum absolute atomic E-state index is 0.325. The second-order valence-electron chi connectivity index (χ2n) is 5.56. The van der Waals surface area contributed by atoms with E-state index in [1.54, 1.807) is 0 Å². The van der Waals surface area contributed by atoms with Crippen molar-refractivity contribution >= 4 is 23.5 Å². The third kappa shape index (κ3) is 4.32. The molecule has 0 spiro atoms. The van der Waals surface area contributed by atoms with Gasteiger partial charge in [0.25, 0.3) is 0 Å². The van der Waals surface area contributed by atoms with Gasteiger partial charge in [0.05, 0.1) is 0 Å². The van der Waals surface area contributed by atoms with E-state index in [0.717, 1.165) is 13.1 Å². The van der Waals surface area contributed by atoms with Gasteiger partial charge in [0.15, 0.2) is 0 Å². The van der Waals surface area contributed by atoms with Crippen LogP contribution in [-0.2, 0) is 0 Å². The molecule has 0 aromatic carbocycles. The molecule has 0 bridgehead atoms. The van der Waals surface area contributed by atoms with Crippen LogP contribution in [0.3, 0.4) is 0 Å². The molecule has 1 heterocycles. The predicted molar refractivity (Wildman–Crippen MR) is 87.5 cm³/mol. The van der Waals surface area contributed by atoms with E-state index in [-0.39, 0.29) is 0 Å². The fourth-order valence-electron chi connectivity index (χ4n) is 2.38. The van der Waals surface area contributed by atoms with Gasteiger partial charge >= 0.3 is 0 Å². The van der Waals surface area contributed by atoms with Crippen LogP contribution in [-0.4, -0.2) is 34.1 Å². The summed E-state index contributed by atoms with van der Waals surface area (Å²) < 4.78 is 0.650. The highest BCUT2D eigenvalue weighted by atomic mass is 32.2. The van der Waals surface area contributed by atoms with Crippen LogP contribution in [0.1, 0.15) is 52.4 Å². The lowest BCUT2D eigenvalue weighted by Gasteiger charge is -2.45. The SMILES string of the molecule is CCCCC1(CN)CSC(CN)(CCCC)CS1. The van der Waals surface area contributed by atoms with Crippen molar-refractivity contribution in [1.29, 1.82) is 0 Å². The van der Waals surface area contributed by atoms with Crippen molar-refractivity contribution in [1.82, 2.24) is 0 Å². The fourth-order valence-corrected chi connectivity index (χ4v) is 5.88. The summed E-state index contributed by atoms with van der Waals surface area (Å²) in [6.07, 6.45) is 7.68. The molecule has 2 unspecified atom stereocenters. The molecule has 0 aliphatic carbocycles. The summed E-state index contributed by atoms with van der Waals surface area (Å²) in [6.45, 7) is 6.16. The van der Waals surface area contributed by atoms with Gasteiger partial charge in [0.1, 0.15) is 0 Å². The molecule has 1 rings (SSSR count). The maximum absolute atomic E-state index is 6.04. The summed E-state index contributed by atoms with van der Waals surface area (Å²) in [5.41, 5.74) is 12.1. The van der Waals surface area contributed by atoms with Gasteiger partial charge in [-0.25, -0.2) is 0 Å². The van der Waals surface area contributed by atoms with Crippen LogP contribution < -0.4 is 11.5 Å². The molecule has 4 heteroatoms. The maximum Gasteiger partial charge on any atom is 0.0373 e. The largest absolute Gasteiger partial charge is 0.329 e. The number of nitrogens with two attached hydrogens (primary N) is 2. The van der Waals surface area contributed by atoms with E-state index in [4.69, 9.17) is 11.5 Å². The van der Waals surface area contributed by atoms with Gasteiger partial charge in [0.2, 0.25) is 0 Å². The highest BCUT2D eigenvalue weighted by molar-refractivity contribution is 8.08. The van der Waals surface area contributed by atoms with Gasteiger partial charge in [-0.05, 0) is 12.8 Å². The molecule has 2 atom stereocenters. The van der Waals surface area contributed by atoms with E-state index in [1.165, 1.54) is 50.0 Å². The normalized spacial score (nSPS) is 32.7. The van der Waals surface area contributed by atoms with Crippen molar-refractivity contribution in [3.05, 3.63) is 0 Å². The third-order valence-corrected chi connectivity index (χ3v) is 8.01. The first-order chi connectivity index (χ1) is 8.66. The minimum atomic E-state index is 0.325. The Bertz CT molecular complexity index is 202. The zero-order valence-electron chi connectivity index (χ0n) is 12.0. The van der Waals surface area contributed by atoms with Gasteiger partial charge < -0.3 is 11.5 Å². The Labute approximate surface area is 121 Å². The Morgan fingerprint density at radius 2 is 1.22 bits per heavy atom. The van der Waals surface area contributed by atoms with Gasteiger partial charge in [-0.3, -0.25) is 0 Å². The lowest BCUT2D eigenvalue weighted by atomic mass is 10.0. The molecule has 0 radical (unpaired) electrons. The summed E-state index contributed by atoms with van der Waals surface area (Å²) >= 11 is 4.21. The second kappa shape index (κ2) is 8.03. The van der Waals surface area contributed by atoms with E-state index < -0.39 is 0 Å². The van der Waals surface area contributed by atoms with Crippen LogP contribution in [0.25, 0.3) is 0 Å². The molecule has 0 saturated carbocycles. The van der Waals surface area contributed by atoms with E-state index in [1.807, 2.05) is 0 Å². The number of unbranched alkanes of at least 4 members (excludes halogenated alkanes) is 2. The van der Waals surface area contributed by atoms with Crippen molar-refractivity contribution in [3.8, 4) is 0 Å². The summed E-state index contributed by atoms with van der Waals surface area (Å²) in [5.74, 6) is 2.38. The highest BCUT2D eigenvalue weighted by Gasteiger charge is 2.41. The molecule has 1 aliphatic rings. The van der Waals surface area contributed by atoms with Crippen LogP contribution in [0.4, 0.5) is 0 Å². The second-order valence-corrected chi connectivity index (χ2v) is 8.45. The molecule has 1 saturated heterocycles. The maximum atomic E-state index is 6.04. The Kier molecular flexibility index (Phi) is 7.44.